The standard InChI is InChI=1S/C19H24BrF2NO3/c1-19(2,3)26-18(24)23-9-5-6-13(23)11-15(17(21)22)14-10-12(20)7-8-16(14)25-4/h7-8,10,13H,5-6,9,11H2,1-4H3. The number of amides is 1. The summed E-state index contributed by atoms with van der Waals surface area (Å²) in [4.78, 5) is 14.0. The summed E-state index contributed by atoms with van der Waals surface area (Å²) < 4.78 is 38.9. The number of ether oxygens (including phenoxy) is 2. The van der Waals surface area contributed by atoms with E-state index in [2.05, 4.69) is 15.9 Å². The summed E-state index contributed by atoms with van der Waals surface area (Å²) in [5.74, 6) is 0.373. The summed E-state index contributed by atoms with van der Waals surface area (Å²) in [6.45, 7) is 5.87. The zero-order valence-electron chi connectivity index (χ0n) is 15.4. The fourth-order valence-electron chi connectivity index (χ4n) is 3.05. The van der Waals surface area contributed by atoms with Gasteiger partial charge in [0, 0.05) is 28.2 Å². The first-order valence-corrected chi connectivity index (χ1v) is 9.29. The average Bonchev–Trinajstić information content (AvgIpc) is 2.99. The minimum absolute atomic E-state index is 0.0500. The van der Waals surface area contributed by atoms with E-state index in [9.17, 15) is 13.6 Å². The van der Waals surface area contributed by atoms with Crippen molar-refractivity contribution in [2.45, 2.75) is 51.7 Å². The Kier molecular flexibility index (Phi) is 6.66. The lowest BCUT2D eigenvalue weighted by Crippen LogP contribution is -2.39. The van der Waals surface area contributed by atoms with Gasteiger partial charge in [0.05, 0.1) is 7.11 Å². The Morgan fingerprint density at radius 1 is 1.35 bits per heavy atom. The molecule has 0 saturated carbocycles. The predicted octanol–water partition coefficient (Wildman–Crippen LogP) is 5.85. The number of methoxy groups -OCH3 is 1. The molecule has 1 saturated heterocycles. The van der Waals surface area contributed by atoms with Crippen molar-refractivity contribution in [2.24, 2.45) is 0 Å². The Hall–Kier alpha value is -1.63. The molecule has 0 radical (unpaired) electrons. The molecule has 0 N–H and O–H groups in total. The Morgan fingerprint density at radius 3 is 2.62 bits per heavy atom. The van der Waals surface area contributed by atoms with E-state index in [0.717, 1.165) is 6.42 Å². The lowest BCUT2D eigenvalue weighted by atomic mass is 9.97. The molecule has 1 amide bonds. The highest BCUT2D eigenvalue weighted by atomic mass is 79.9. The smallest absolute Gasteiger partial charge is 0.410 e. The quantitative estimate of drug-likeness (QED) is 0.599. The van der Waals surface area contributed by atoms with E-state index in [0.29, 0.717) is 28.8 Å². The first-order chi connectivity index (χ1) is 12.1. The van der Waals surface area contributed by atoms with Crippen LogP contribution in [0.15, 0.2) is 28.8 Å². The minimum atomic E-state index is -1.77. The van der Waals surface area contributed by atoms with Crippen molar-refractivity contribution in [3.8, 4) is 5.75 Å². The molecule has 7 heteroatoms. The SMILES string of the molecule is COc1ccc(Br)cc1C(CC1CCCN1C(=O)OC(C)(C)C)=C(F)F. The number of hydrogen-bond acceptors (Lipinski definition) is 3. The second-order valence-electron chi connectivity index (χ2n) is 7.26. The number of benzene rings is 1. The van der Waals surface area contributed by atoms with E-state index in [4.69, 9.17) is 9.47 Å². The van der Waals surface area contributed by atoms with Crippen LogP contribution in [-0.4, -0.2) is 36.3 Å². The molecule has 1 fully saturated rings. The second-order valence-corrected chi connectivity index (χ2v) is 8.17. The highest BCUT2D eigenvalue weighted by Gasteiger charge is 2.34. The highest BCUT2D eigenvalue weighted by Crippen LogP contribution is 2.37. The number of nitrogens with zero attached hydrogens (tertiary/aromatic N) is 1. The number of hydrogen-bond donors (Lipinski definition) is 0. The van der Waals surface area contributed by atoms with Gasteiger partial charge in [0.2, 0.25) is 0 Å². The topological polar surface area (TPSA) is 38.8 Å². The summed E-state index contributed by atoms with van der Waals surface area (Å²) in [6, 6.07) is 4.66. The van der Waals surface area contributed by atoms with Crippen molar-refractivity contribution < 1.29 is 23.0 Å². The number of likely N-dealkylation sites (tertiary alicyclic amines) is 1. The van der Waals surface area contributed by atoms with Gasteiger partial charge in [-0.25, -0.2) is 4.79 Å². The Labute approximate surface area is 161 Å². The van der Waals surface area contributed by atoms with Crippen LogP contribution in [0.3, 0.4) is 0 Å². The monoisotopic (exact) mass is 431 g/mol. The molecule has 1 atom stereocenters. The van der Waals surface area contributed by atoms with Gasteiger partial charge in [0.15, 0.2) is 0 Å². The van der Waals surface area contributed by atoms with Crippen LogP contribution < -0.4 is 4.74 Å². The van der Waals surface area contributed by atoms with Crippen LogP contribution in [0.25, 0.3) is 5.57 Å². The summed E-state index contributed by atoms with van der Waals surface area (Å²) in [7, 11) is 1.45. The van der Waals surface area contributed by atoms with Gasteiger partial charge in [0.25, 0.3) is 6.08 Å². The molecular weight excluding hydrogens is 408 g/mol. The summed E-state index contributed by atoms with van der Waals surface area (Å²) in [5, 5.41) is 0. The third-order valence-corrected chi connectivity index (χ3v) is 4.65. The van der Waals surface area contributed by atoms with E-state index in [1.807, 2.05) is 0 Å². The zero-order valence-corrected chi connectivity index (χ0v) is 17.0. The maximum absolute atomic E-state index is 13.8. The van der Waals surface area contributed by atoms with Gasteiger partial charge in [-0.05, 0) is 58.2 Å². The number of rotatable bonds is 4. The van der Waals surface area contributed by atoms with Crippen molar-refractivity contribution in [1.29, 1.82) is 0 Å². The van der Waals surface area contributed by atoms with Gasteiger partial charge in [0.1, 0.15) is 11.4 Å². The third kappa shape index (κ3) is 5.19. The Bertz CT molecular complexity index is 697. The van der Waals surface area contributed by atoms with Crippen molar-refractivity contribution in [3.05, 3.63) is 34.3 Å². The number of halogens is 3. The normalized spacial score (nSPS) is 17.2. The van der Waals surface area contributed by atoms with Gasteiger partial charge >= 0.3 is 6.09 Å². The summed E-state index contributed by atoms with van der Waals surface area (Å²) >= 11 is 3.32. The average molecular weight is 432 g/mol. The molecule has 0 aliphatic carbocycles. The molecule has 26 heavy (non-hydrogen) atoms. The predicted molar refractivity (Wildman–Crippen MR) is 100 cm³/mol. The van der Waals surface area contributed by atoms with Crippen molar-refractivity contribution in [3.63, 3.8) is 0 Å². The lowest BCUT2D eigenvalue weighted by Gasteiger charge is -2.29. The van der Waals surface area contributed by atoms with E-state index >= 15 is 0 Å². The molecule has 0 spiro atoms. The van der Waals surface area contributed by atoms with E-state index in [1.165, 1.54) is 7.11 Å². The minimum Gasteiger partial charge on any atom is -0.496 e. The van der Waals surface area contributed by atoms with Gasteiger partial charge in [-0.1, -0.05) is 15.9 Å². The summed E-state index contributed by atoms with van der Waals surface area (Å²) in [5.41, 5.74) is -0.400. The van der Waals surface area contributed by atoms with Crippen LogP contribution in [0.4, 0.5) is 13.6 Å². The van der Waals surface area contributed by atoms with Crippen LogP contribution >= 0.6 is 15.9 Å². The lowest BCUT2D eigenvalue weighted by molar-refractivity contribution is 0.0229. The molecule has 1 heterocycles. The molecule has 4 nitrogen and oxygen atoms in total. The first-order valence-electron chi connectivity index (χ1n) is 8.50. The fraction of sp³-hybridized carbons (Fsp3) is 0.526. The van der Waals surface area contributed by atoms with Gasteiger partial charge in [-0.3, -0.25) is 0 Å². The van der Waals surface area contributed by atoms with Crippen LogP contribution in [0.1, 0.15) is 45.6 Å². The molecule has 1 unspecified atom stereocenters. The van der Waals surface area contributed by atoms with Crippen LogP contribution in [0, 0.1) is 0 Å². The summed E-state index contributed by atoms with van der Waals surface area (Å²) in [6.07, 6.45) is -0.751. The molecule has 144 valence electrons. The van der Waals surface area contributed by atoms with Crippen molar-refractivity contribution >= 4 is 27.6 Å². The maximum Gasteiger partial charge on any atom is 0.410 e. The highest BCUT2D eigenvalue weighted by molar-refractivity contribution is 9.10. The molecule has 2 rings (SSSR count). The Balaban J connectivity index is 2.27. The molecule has 1 aliphatic heterocycles. The van der Waals surface area contributed by atoms with Crippen molar-refractivity contribution in [2.75, 3.05) is 13.7 Å². The van der Waals surface area contributed by atoms with E-state index < -0.39 is 17.8 Å². The van der Waals surface area contributed by atoms with E-state index in [1.54, 1.807) is 43.9 Å². The van der Waals surface area contributed by atoms with Crippen LogP contribution in [-0.2, 0) is 4.74 Å². The molecule has 1 aromatic carbocycles. The first kappa shape index (κ1) is 20.7. The second kappa shape index (κ2) is 8.37. The fourth-order valence-corrected chi connectivity index (χ4v) is 3.41. The zero-order chi connectivity index (χ0) is 19.5. The molecule has 1 aromatic rings. The maximum atomic E-state index is 13.8. The van der Waals surface area contributed by atoms with E-state index in [-0.39, 0.29) is 18.0 Å². The Morgan fingerprint density at radius 2 is 2.04 bits per heavy atom. The number of carbonyl (C=O) groups is 1. The molecule has 0 aromatic heterocycles. The third-order valence-electron chi connectivity index (χ3n) is 4.16. The van der Waals surface area contributed by atoms with Crippen LogP contribution in [0.5, 0.6) is 5.75 Å². The molecule has 1 aliphatic rings. The van der Waals surface area contributed by atoms with Gasteiger partial charge in [-0.2, -0.15) is 8.78 Å². The van der Waals surface area contributed by atoms with Crippen LogP contribution in [0.2, 0.25) is 0 Å². The largest absolute Gasteiger partial charge is 0.496 e. The number of carbonyl (C=O) groups excluding carboxylic acids is 1. The van der Waals surface area contributed by atoms with Gasteiger partial charge in [-0.15, -0.1) is 0 Å². The molecule has 0 bridgehead atoms. The molecular formula is C19H24BrF2NO3. The van der Waals surface area contributed by atoms with Gasteiger partial charge < -0.3 is 14.4 Å². The van der Waals surface area contributed by atoms with Crippen molar-refractivity contribution in [1.82, 2.24) is 4.90 Å².